The fraction of sp³-hybridized carbons (Fsp3) is 0.320. The molecule has 2 heterocycles. The van der Waals surface area contributed by atoms with Crippen LogP contribution in [0.1, 0.15) is 36.1 Å². The van der Waals surface area contributed by atoms with Crippen molar-refractivity contribution in [1.82, 2.24) is 15.5 Å². The van der Waals surface area contributed by atoms with Crippen LogP contribution in [0.4, 0.5) is 4.79 Å². The van der Waals surface area contributed by atoms with Crippen LogP contribution in [-0.2, 0) is 20.7 Å². The van der Waals surface area contributed by atoms with Crippen molar-refractivity contribution in [3.8, 4) is 0 Å². The van der Waals surface area contributed by atoms with Crippen molar-refractivity contribution in [2.75, 3.05) is 13.2 Å². The van der Waals surface area contributed by atoms with Crippen LogP contribution in [0.15, 0.2) is 65.9 Å². The Morgan fingerprint density at radius 3 is 2.59 bits per heavy atom. The maximum atomic E-state index is 12.9. The summed E-state index contributed by atoms with van der Waals surface area (Å²) in [7, 11) is 0. The lowest BCUT2D eigenvalue weighted by Crippen LogP contribution is -2.51. The Hall–Kier alpha value is -3.61. The van der Waals surface area contributed by atoms with E-state index in [1.165, 1.54) is 10.5 Å². The molecule has 0 aromatic heterocycles. The van der Waals surface area contributed by atoms with E-state index in [1.54, 1.807) is 0 Å². The molecular formula is C25H27N3O4. The lowest BCUT2D eigenvalue weighted by atomic mass is 9.95. The number of amides is 3. The Bertz CT molecular complexity index is 1050. The number of esters is 1. The largest absolute Gasteiger partial charge is 0.456 e. The highest BCUT2D eigenvalue weighted by Crippen LogP contribution is 2.34. The molecule has 2 aliphatic rings. The first-order valence-electron chi connectivity index (χ1n) is 10.8. The average molecular weight is 434 g/mol. The van der Waals surface area contributed by atoms with E-state index in [4.69, 9.17) is 4.74 Å². The van der Waals surface area contributed by atoms with Gasteiger partial charge >= 0.3 is 12.0 Å². The minimum atomic E-state index is -0.586. The highest BCUT2D eigenvalue weighted by Gasteiger charge is 2.42. The number of carbonyl (C=O) groups excluding carboxylic acids is 3. The third-order valence-electron chi connectivity index (χ3n) is 5.83. The molecule has 2 aromatic rings. The molecule has 0 fully saturated rings. The highest BCUT2D eigenvalue weighted by atomic mass is 16.5. The molecule has 7 nitrogen and oxygen atoms in total. The molecule has 2 N–H and O–H groups in total. The van der Waals surface area contributed by atoms with Gasteiger partial charge in [0.15, 0.2) is 0 Å². The van der Waals surface area contributed by atoms with Gasteiger partial charge in [-0.05, 0) is 37.8 Å². The van der Waals surface area contributed by atoms with Crippen LogP contribution in [0.25, 0.3) is 0 Å². The van der Waals surface area contributed by atoms with Gasteiger partial charge < -0.3 is 15.4 Å². The Morgan fingerprint density at radius 2 is 1.88 bits per heavy atom. The summed E-state index contributed by atoms with van der Waals surface area (Å²) < 4.78 is 5.23. The molecule has 0 aliphatic carbocycles. The number of ether oxygens (including phenoxy) is 1. The second kappa shape index (κ2) is 9.26. The van der Waals surface area contributed by atoms with Gasteiger partial charge in [0.1, 0.15) is 13.2 Å². The molecule has 4 rings (SSSR count). The lowest BCUT2D eigenvalue weighted by Gasteiger charge is -2.32. The van der Waals surface area contributed by atoms with Crippen molar-refractivity contribution >= 4 is 17.9 Å². The summed E-state index contributed by atoms with van der Waals surface area (Å²) in [5, 5.41) is 5.81. The Morgan fingerprint density at radius 1 is 1.16 bits per heavy atom. The van der Waals surface area contributed by atoms with Crippen molar-refractivity contribution in [2.45, 2.75) is 38.8 Å². The van der Waals surface area contributed by atoms with Crippen LogP contribution < -0.4 is 10.6 Å². The molecule has 0 saturated carbocycles. The van der Waals surface area contributed by atoms with Gasteiger partial charge in [-0.2, -0.15) is 0 Å². The minimum absolute atomic E-state index is 0.0131. The summed E-state index contributed by atoms with van der Waals surface area (Å²) in [6.45, 7) is 3.73. The molecule has 32 heavy (non-hydrogen) atoms. The average Bonchev–Trinajstić information content (AvgIpc) is 3.17. The van der Waals surface area contributed by atoms with Crippen molar-refractivity contribution in [3.63, 3.8) is 0 Å². The minimum Gasteiger partial charge on any atom is -0.456 e. The number of hydrogen-bond donors (Lipinski definition) is 2. The molecular weight excluding hydrogens is 406 g/mol. The van der Waals surface area contributed by atoms with Gasteiger partial charge in [0.05, 0.1) is 17.3 Å². The molecule has 3 amide bonds. The number of cyclic esters (lactones) is 1. The summed E-state index contributed by atoms with van der Waals surface area (Å²) in [5.41, 5.74) is 3.94. The smallest absolute Gasteiger partial charge is 0.338 e. The normalized spacial score (nSPS) is 18.7. The molecule has 2 aliphatic heterocycles. The van der Waals surface area contributed by atoms with Crippen molar-refractivity contribution < 1.29 is 19.1 Å². The van der Waals surface area contributed by atoms with Crippen LogP contribution in [0.5, 0.6) is 0 Å². The number of nitrogens with zero attached hydrogens (tertiary/aromatic N) is 1. The monoisotopic (exact) mass is 433 g/mol. The van der Waals surface area contributed by atoms with E-state index in [9.17, 15) is 14.4 Å². The molecule has 0 bridgehead atoms. The molecule has 0 saturated heterocycles. The second-order valence-electron chi connectivity index (χ2n) is 8.31. The third-order valence-corrected chi connectivity index (χ3v) is 5.83. The van der Waals surface area contributed by atoms with E-state index in [1.807, 2.05) is 56.3 Å². The predicted octanol–water partition coefficient (Wildman–Crippen LogP) is 3.01. The predicted molar refractivity (Wildman–Crippen MR) is 120 cm³/mol. The van der Waals surface area contributed by atoms with Crippen LogP contribution in [0.3, 0.4) is 0 Å². The number of benzene rings is 2. The van der Waals surface area contributed by atoms with Crippen LogP contribution in [-0.4, -0.2) is 42.0 Å². The summed E-state index contributed by atoms with van der Waals surface area (Å²) >= 11 is 0. The first-order chi connectivity index (χ1) is 15.4. The van der Waals surface area contributed by atoms with Gasteiger partial charge in [-0.3, -0.25) is 9.69 Å². The van der Waals surface area contributed by atoms with Gasteiger partial charge in [0.25, 0.3) is 0 Å². The summed E-state index contributed by atoms with van der Waals surface area (Å²) in [4.78, 5) is 39.3. The third kappa shape index (κ3) is 4.66. The quantitative estimate of drug-likeness (QED) is 0.657. The lowest BCUT2D eigenvalue weighted by molar-refractivity contribution is -0.136. The van der Waals surface area contributed by atoms with Gasteiger partial charge in [0, 0.05) is 6.04 Å². The SMILES string of the molecule is Cc1ccc([C@H]2NC(=O)N(CC(=O)N[C@@H](C)CCc3ccccc3)C3=C2C(=O)OC3)cc1. The van der Waals surface area contributed by atoms with Gasteiger partial charge in [-0.25, -0.2) is 9.59 Å². The molecule has 166 valence electrons. The van der Waals surface area contributed by atoms with E-state index < -0.39 is 18.0 Å². The second-order valence-corrected chi connectivity index (χ2v) is 8.31. The Kier molecular flexibility index (Phi) is 6.25. The molecule has 2 aromatic carbocycles. The number of aryl methyl sites for hydroxylation is 2. The van der Waals surface area contributed by atoms with Crippen molar-refractivity contribution in [1.29, 1.82) is 0 Å². The van der Waals surface area contributed by atoms with E-state index in [0.29, 0.717) is 11.3 Å². The van der Waals surface area contributed by atoms with Crippen LogP contribution >= 0.6 is 0 Å². The maximum absolute atomic E-state index is 12.9. The molecule has 7 heteroatoms. The highest BCUT2D eigenvalue weighted by molar-refractivity contribution is 5.98. The number of carbonyl (C=O) groups is 3. The van der Waals surface area contributed by atoms with Gasteiger partial charge in [-0.15, -0.1) is 0 Å². The van der Waals surface area contributed by atoms with Crippen molar-refractivity contribution in [2.24, 2.45) is 0 Å². The van der Waals surface area contributed by atoms with Crippen LogP contribution in [0, 0.1) is 6.92 Å². The van der Waals surface area contributed by atoms with E-state index in [-0.39, 0.29) is 25.1 Å². The Labute approximate surface area is 187 Å². The molecule has 0 unspecified atom stereocenters. The number of urea groups is 1. The zero-order valence-corrected chi connectivity index (χ0v) is 18.3. The van der Waals surface area contributed by atoms with E-state index in [2.05, 4.69) is 22.8 Å². The molecule has 2 atom stereocenters. The number of hydrogen-bond acceptors (Lipinski definition) is 4. The maximum Gasteiger partial charge on any atom is 0.338 e. The molecule has 0 spiro atoms. The Balaban J connectivity index is 1.43. The topological polar surface area (TPSA) is 87.7 Å². The fourth-order valence-corrected chi connectivity index (χ4v) is 4.05. The van der Waals surface area contributed by atoms with E-state index >= 15 is 0 Å². The van der Waals surface area contributed by atoms with Gasteiger partial charge in [-0.1, -0.05) is 60.2 Å². The number of rotatable bonds is 7. The van der Waals surface area contributed by atoms with Crippen LogP contribution in [0.2, 0.25) is 0 Å². The zero-order valence-electron chi connectivity index (χ0n) is 18.3. The zero-order chi connectivity index (χ0) is 22.7. The first-order valence-corrected chi connectivity index (χ1v) is 10.8. The summed E-state index contributed by atoms with van der Waals surface area (Å²) in [5.74, 6) is -0.743. The summed E-state index contributed by atoms with van der Waals surface area (Å²) in [6.07, 6.45) is 1.63. The number of nitrogens with one attached hydrogen (secondary N) is 2. The van der Waals surface area contributed by atoms with Gasteiger partial charge in [0.2, 0.25) is 5.91 Å². The van der Waals surface area contributed by atoms with Crippen molar-refractivity contribution in [3.05, 3.63) is 82.6 Å². The van der Waals surface area contributed by atoms with E-state index in [0.717, 1.165) is 24.0 Å². The first kappa shape index (κ1) is 21.6. The molecule has 0 radical (unpaired) electrons. The summed E-state index contributed by atoms with van der Waals surface area (Å²) in [6, 6.07) is 16.6. The standard InChI is InChI=1S/C25H27N3O4/c1-16-8-12-19(13-9-16)23-22-20(15-32-24(22)30)28(25(31)27-23)14-21(29)26-17(2)10-11-18-6-4-3-5-7-18/h3-9,12-13,17,23H,10-11,14-15H2,1-2H3,(H,26,29)(H,27,31)/t17-,23+/m0/s1. The fourth-order valence-electron chi connectivity index (χ4n) is 4.05.